The minimum absolute atomic E-state index is 0.0827. The molecule has 0 spiro atoms. The first kappa shape index (κ1) is 14.9. The number of aliphatic hydroxyl groups is 2. The van der Waals surface area contributed by atoms with Crippen LogP contribution in [0, 0.1) is 5.41 Å². The predicted molar refractivity (Wildman–Crippen MR) is 54.5 cm³/mol. The summed E-state index contributed by atoms with van der Waals surface area (Å²) in [6, 6.07) is 0. The lowest BCUT2D eigenvalue weighted by Crippen LogP contribution is -2.31. The number of ether oxygens (including phenoxy) is 2. The van der Waals surface area contributed by atoms with Gasteiger partial charge >= 0.3 is 11.9 Å². The lowest BCUT2D eigenvalue weighted by Gasteiger charge is -2.21. The smallest absolute Gasteiger partial charge is 0.312 e. The molecule has 0 heterocycles. The van der Waals surface area contributed by atoms with E-state index in [1.807, 2.05) is 0 Å². The Hall–Kier alpha value is -1.14. The highest BCUT2D eigenvalue weighted by molar-refractivity contribution is 5.82. The Bertz CT molecular complexity index is 235. The second kappa shape index (κ2) is 7.19. The molecular formula is C10H18O6. The van der Waals surface area contributed by atoms with Crippen molar-refractivity contribution in [2.75, 3.05) is 26.4 Å². The molecule has 0 radical (unpaired) electrons. The van der Waals surface area contributed by atoms with E-state index in [0.29, 0.717) is 0 Å². The minimum atomic E-state index is -0.998. The summed E-state index contributed by atoms with van der Waals surface area (Å²) in [6.45, 7) is 2.42. The standard InChI is InChI=1S/C10H18O6/c1-10(2,9(14)16-6-4-12)7-8(13)15-5-3-11/h11-12H,3-7H2,1-2H3. The van der Waals surface area contributed by atoms with Gasteiger partial charge in [0.2, 0.25) is 0 Å². The van der Waals surface area contributed by atoms with Gasteiger partial charge in [-0.2, -0.15) is 0 Å². The maximum atomic E-state index is 11.4. The summed E-state index contributed by atoms with van der Waals surface area (Å²) in [5.41, 5.74) is -0.998. The summed E-state index contributed by atoms with van der Waals surface area (Å²) in [5.74, 6) is -1.14. The van der Waals surface area contributed by atoms with Gasteiger partial charge in [0.25, 0.3) is 0 Å². The maximum Gasteiger partial charge on any atom is 0.312 e. The second-order valence-corrected chi connectivity index (χ2v) is 3.86. The molecule has 6 nitrogen and oxygen atoms in total. The molecule has 0 unspecified atom stereocenters. The topological polar surface area (TPSA) is 93.1 Å². The third-order valence-corrected chi connectivity index (χ3v) is 1.82. The van der Waals surface area contributed by atoms with E-state index < -0.39 is 17.4 Å². The van der Waals surface area contributed by atoms with Crippen LogP contribution in [0.2, 0.25) is 0 Å². The first-order valence-corrected chi connectivity index (χ1v) is 4.98. The van der Waals surface area contributed by atoms with Crippen molar-refractivity contribution in [2.45, 2.75) is 20.3 Å². The fourth-order valence-corrected chi connectivity index (χ4v) is 0.977. The van der Waals surface area contributed by atoms with E-state index in [4.69, 9.17) is 14.9 Å². The third-order valence-electron chi connectivity index (χ3n) is 1.82. The van der Waals surface area contributed by atoms with E-state index in [1.165, 1.54) is 0 Å². The molecule has 0 fully saturated rings. The number of hydrogen-bond acceptors (Lipinski definition) is 6. The average molecular weight is 234 g/mol. The van der Waals surface area contributed by atoms with Gasteiger partial charge in [-0.3, -0.25) is 9.59 Å². The molecule has 0 aromatic carbocycles. The van der Waals surface area contributed by atoms with Crippen LogP contribution in [-0.2, 0) is 19.1 Å². The summed E-state index contributed by atoms with van der Waals surface area (Å²) in [5, 5.41) is 16.9. The van der Waals surface area contributed by atoms with Gasteiger partial charge in [-0.25, -0.2) is 0 Å². The van der Waals surface area contributed by atoms with E-state index in [1.54, 1.807) is 13.8 Å². The van der Waals surface area contributed by atoms with Gasteiger partial charge in [-0.1, -0.05) is 0 Å². The molecule has 0 aromatic rings. The fraction of sp³-hybridized carbons (Fsp3) is 0.800. The quantitative estimate of drug-likeness (QED) is 0.575. The molecule has 0 aromatic heterocycles. The van der Waals surface area contributed by atoms with E-state index in [2.05, 4.69) is 4.74 Å². The lowest BCUT2D eigenvalue weighted by molar-refractivity contribution is -0.161. The van der Waals surface area contributed by atoms with Crippen molar-refractivity contribution in [1.29, 1.82) is 0 Å². The Morgan fingerprint density at radius 2 is 1.56 bits per heavy atom. The molecular weight excluding hydrogens is 216 g/mol. The first-order valence-electron chi connectivity index (χ1n) is 4.98. The molecule has 0 aliphatic carbocycles. The van der Waals surface area contributed by atoms with Gasteiger partial charge in [-0.15, -0.1) is 0 Å². The summed E-state index contributed by atoms with van der Waals surface area (Å²) in [7, 11) is 0. The van der Waals surface area contributed by atoms with E-state index in [9.17, 15) is 9.59 Å². The van der Waals surface area contributed by atoms with E-state index in [-0.39, 0.29) is 32.8 Å². The van der Waals surface area contributed by atoms with Crippen LogP contribution in [0.15, 0.2) is 0 Å². The van der Waals surface area contributed by atoms with Crippen molar-refractivity contribution in [1.82, 2.24) is 0 Å². The van der Waals surface area contributed by atoms with Crippen molar-refractivity contribution in [2.24, 2.45) is 5.41 Å². The molecule has 2 N–H and O–H groups in total. The maximum absolute atomic E-state index is 11.4. The van der Waals surface area contributed by atoms with Gasteiger partial charge in [0.1, 0.15) is 13.2 Å². The zero-order chi connectivity index (χ0) is 12.6. The molecule has 0 bridgehead atoms. The van der Waals surface area contributed by atoms with Gasteiger partial charge in [0, 0.05) is 0 Å². The molecule has 0 saturated heterocycles. The molecule has 0 aliphatic heterocycles. The number of rotatable bonds is 7. The summed E-state index contributed by atoms with van der Waals surface area (Å²) < 4.78 is 9.35. The molecule has 0 atom stereocenters. The minimum Gasteiger partial charge on any atom is -0.463 e. The highest BCUT2D eigenvalue weighted by Gasteiger charge is 2.32. The largest absolute Gasteiger partial charge is 0.463 e. The predicted octanol–water partition coefficient (Wildman–Crippen LogP) is -0.526. The number of carbonyl (C=O) groups is 2. The molecule has 94 valence electrons. The zero-order valence-corrected chi connectivity index (χ0v) is 9.56. The summed E-state index contributed by atoms with van der Waals surface area (Å²) in [4.78, 5) is 22.6. The Balaban J connectivity index is 4.11. The summed E-state index contributed by atoms with van der Waals surface area (Å²) in [6.07, 6.45) is -0.128. The first-order chi connectivity index (χ1) is 7.44. The number of aliphatic hydroxyl groups excluding tert-OH is 2. The van der Waals surface area contributed by atoms with Crippen molar-refractivity contribution in [3.63, 3.8) is 0 Å². The zero-order valence-electron chi connectivity index (χ0n) is 9.56. The average Bonchev–Trinajstić information content (AvgIpc) is 2.22. The molecule has 0 amide bonds. The fourth-order valence-electron chi connectivity index (χ4n) is 0.977. The van der Waals surface area contributed by atoms with Crippen LogP contribution in [0.25, 0.3) is 0 Å². The molecule has 16 heavy (non-hydrogen) atoms. The number of hydrogen-bond donors (Lipinski definition) is 2. The Kier molecular flexibility index (Phi) is 6.67. The Morgan fingerprint density at radius 3 is 2.06 bits per heavy atom. The van der Waals surface area contributed by atoms with Gasteiger partial charge < -0.3 is 19.7 Å². The molecule has 0 rings (SSSR count). The van der Waals surface area contributed by atoms with Crippen molar-refractivity contribution >= 4 is 11.9 Å². The van der Waals surface area contributed by atoms with Crippen LogP contribution in [0.1, 0.15) is 20.3 Å². The van der Waals surface area contributed by atoms with Crippen LogP contribution < -0.4 is 0 Å². The van der Waals surface area contributed by atoms with Gasteiger partial charge in [0.05, 0.1) is 25.0 Å². The SMILES string of the molecule is CC(C)(CC(=O)OCCO)C(=O)OCCO. The molecule has 6 heteroatoms. The molecule has 0 aliphatic rings. The van der Waals surface area contributed by atoms with Crippen molar-refractivity contribution in [3.05, 3.63) is 0 Å². The van der Waals surface area contributed by atoms with Crippen LogP contribution in [0.3, 0.4) is 0 Å². The van der Waals surface area contributed by atoms with Gasteiger partial charge in [0.15, 0.2) is 0 Å². The van der Waals surface area contributed by atoms with Crippen LogP contribution in [0.5, 0.6) is 0 Å². The van der Waals surface area contributed by atoms with Crippen LogP contribution in [-0.4, -0.2) is 48.6 Å². The van der Waals surface area contributed by atoms with Crippen LogP contribution >= 0.6 is 0 Å². The number of esters is 2. The Morgan fingerprint density at radius 1 is 1.06 bits per heavy atom. The van der Waals surface area contributed by atoms with E-state index >= 15 is 0 Å². The number of carbonyl (C=O) groups excluding carboxylic acids is 2. The van der Waals surface area contributed by atoms with Crippen LogP contribution in [0.4, 0.5) is 0 Å². The molecule has 0 saturated carbocycles. The monoisotopic (exact) mass is 234 g/mol. The third kappa shape index (κ3) is 5.67. The summed E-state index contributed by atoms with van der Waals surface area (Å²) >= 11 is 0. The Labute approximate surface area is 94.2 Å². The highest BCUT2D eigenvalue weighted by atomic mass is 16.5. The van der Waals surface area contributed by atoms with Gasteiger partial charge in [-0.05, 0) is 13.8 Å². The normalized spacial score (nSPS) is 11.0. The lowest BCUT2D eigenvalue weighted by atomic mass is 9.89. The highest BCUT2D eigenvalue weighted by Crippen LogP contribution is 2.22. The van der Waals surface area contributed by atoms with Crippen molar-refractivity contribution in [3.8, 4) is 0 Å². The second-order valence-electron chi connectivity index (χ2n) is 3.86. The van der Waals surface area contributed by atoms with Crippen molar-refractivity contribution < 1.29 is 29.3 Å². The van der Waals surface area contributed by atoms with E-state index in [0.717, 1.165) is 0 Å².